The third-order valence-electron chi connectivity index (χ3n) is 11.3. The molecule has 10 aromatic carbocycles. The van der Waals surface area contributed by atoms with E-state index in [4.69, 9.17) is 0 Å². The molecule has 0 aliphatic rings. The molecule has 0 unspecified atom stereocenters. The van der Waals surface area contributed by atoms with Gasteiger partial charge in [-0.15, -0.1) is 0 Å². The van der Waals surface area contributed by atoms with Gasteiger partial charge in [-0.25, -0.2) is 0 Å². The Morgan fingerprint density at radius 3 is 1.31 bits per heavy atom. The van der Waals surface area contributed by atoms with Gasteiger partial charge in [0.2, 0.25) is 0 Å². The minimum absolute atomic E-state index is 1.09. The standard InChI is InChI=1S/C58H41N/c1-4-15-42(16-5-1)43-27-29-49(30-28-43)56-24-12-13-26-58(56)59(52-38-33-48(34-39-52)54-25-14-22-46-21-10-11-23-53(46)54)51-36-31-44(32-37-51)50-35-40-55(45-17-6-2-7-18-45)57(41-50)47-19-8-3-9-20-47/h1-41H. The molecule has 0 radical (unpaired) electrons. The van der Waals surface area contributed by atoms with Crippen LogP contribution in [0.3, 0.4) is 0 Å². The lowest BCUT2D eigenvalue weighted by Gasteiger charge is -2.28. The monoisotopic (exact) mass is 751 g/mol. The Bertz CT molecular complexity index is 2980. The van der Waals surface area contributed by atoms with Gasteiger partial charge in [0.1, 0.15) is 0 Å². The van der Waals surface area contributed by atoms with E-state index in [0.29, 0.717) is 0 Å². The minimum atomic E-state index is 1.09. The van der Waals surface area contributed by atoms with E-state index in [1.807, 2.05) is 0 Å². The second kappa shape index (κ2) is 16.0. The highest BCUT2D eigenvalue weighted by Crippen LogP contribution is 2.43. The van der Waals surface area contributed by atoms with Crippen molar-refractivity contribution in [1.29, 1.82) is 0 Å². The molecule has 0 saturated heterocycles. The Balaban J connectivity index is 1.06. The number of nitrogens with zero attached hydrogens (tertiary/aromatic N) is 1. The fourth-order valence-electron chi connectivity index (χ4n) is 8.33. The Hall–Kier alpha value is -7.74. The fourth-order valence-corrected chi connectivity index (χ4v) is 8.33. The second-order valence-electron chi connectivity index (χ2n) is 14.9. The summed E-state index contributed by atoms with van der Waals surface area (Å²) >= 11 is 0. The third kappa shape index (κ3) is 7.23. The van der Waals surface area contributed by atoms with Crippen LogP contribution in [0.1, 0.15) is 0 Å². The summed E-state index contributed by atoms with van der Waals surface area (Å²) in [5.41, 5.74) is 17.7. The number of hydrogen-bond donors (Lipinski definition) is 0. The molecule has 0 N–H and O–H groups in total. The SMILES string of the molecule is c1ccc(-c2ccc(-c3ccccc3N(c3ccc(-c4ccc(-c5ccccc5)c(-c5ccccc5)c4)cc3)c3ccc(-c4cccc5ccccc45)cc3)cc2)cc1. The van der Waals surface area contributed by atoms with Crippen LogP contribution in [0.25, 0.3) is 77.5 Å². The van der Waals surface area contributed by atoms with Crippen LogP contribution >= 0.6 is 0 Å². The molecule has 0 atom stereocenters. The first-order valence-electron chi connectivity index (χ1n) is 20.3. The number of hydrogen-bond acceptors (Lipinski definition) is 1. The van der Waals surface area contributed by atoms with Gasteiger partial charge in [0.05, 0.1) is 5.69 Å². The van der Waals surface area contributed by atoms with E-state index in [9.17, 15) is 0 Å². The summed E-state index contributed by atoms with van der Waals surface area (Å²) < 4.78 is 0. The predicted molar refractivity (Wildman–Crippen MR) is 251 cm³/mol. The molecule has 0 heterocycles. The lowest BCUT2D eigenvalue weighted by molar-refractivity contribution is 1.28. The Kier molecular flexibility index (Phi) is 9.68. The van der Waals surface area contributed by atoms with Gasteiger partial charge in [-0.2, -0.15) is 0 Å². The molecular weight excluding hydrogens is 711 g/mol. The zero-order valence-corrected chi connectivity index (χ0v) is 32.6. The maximum absolute atomic E-state index is 2.39. The second-order valence-corrected chi connectivity index (χ2v) is 14.9. The van der Waals surface area contributed by atoms with Crippen LogP contribution in [0.15, 0.2) is 249 Å². The van der Waals surface area contributed by atoms with Gasteiger partial charge in [0.25, 0.3) is 0 Å². The number of benzene rings is 10. The van der Waals surface area contributed by atoms with Crippen LogP contribution in [-0.4, -0.2) is 0 Å². The van der Waals surface area contributed by atoms with Crippen LogP contribution in [0, 0.1) is 0 Å². The van der Waals surface area contributed by atoms with Gasteiger partial charge in [-0.05, 0) is 108 Å². The van der Waals surface area contributed by atoms with Gasteiger partial charge in [0.15, 0.2) is 0 Å². The normalized spacial score (nSPS) is 11.1. The number of fused-ring (bicyclic) bond motifs is 1. The van der Waals surface area contributed by atoms with Gasteiger partial charge < -0.3 is 4.90 Å². The van der Waals surface area contributed by atoms with Gasteiger partial charge in [0, 0.05) is 16.9 Å². The lowest BCUT2D eigenvalue weighted by Crippen LogP contribution is -2.11. The number of para-hydroxylation sites is 1. The molecule has 10 rings (SSSR count). The van der Waals surface area contributed by atoms with Gasteiger partial charge in [-0.1, -0.05) is 212 Å². The Morgan fingerprint density at radius 2 is 0.627 bits per heavy atom. The summed E-state index contributed by atoms with van der Waals surface area (Å²) in [7, 11) is 0. The highest BCUT2D eigenvalue weighted by molar-refractivity contribution is 5.97. The van der Waals surface area contributed by atoms with Gasteiger partial charge in [-0.3, -0.25) is 0 Å². The Labute approximate surface area is 346 Å². The molecule has 59 heavy (non-hydrogen) atoms. The average molecular weight is 752 g/mol. The molecule has 0 aliphatic heterocycles. The van der Waals surface area contributed by atoms with Crippen molar-refractivity contribution in [2.75, 3.05) is 4.90 Å². The van der Waals surface area contributed by atoms with E-state index in [1.54, 1.807) is 0 Å². The van der Waals surface area contributed by atoms with Crippen LogP contribution < -0.4 is 4.90 Å². The summed E-state index contributed by atoms with van der Waals surface area (Å²) in [6.07, 6.45) is 0. The maximum atomic E-state index is 2.39. The molecular formula is C58H41N. The smallest absolute Gasteiger partial charge is 0.0540 e. The summed E-state index contributed by atoms with van der Waals surface area (Å²) in [5.74, 6) is 0. The summed E-state index contributed by atoms with van der Waals surface area (Å²) in [4.78, 5) is 2.39. The first-order valence-corrected chi connectivity index (χ1v) is 20.3. The summed E-state index contributed by atoms with van der Waals surface area (Å²) in [6.45, 7) is 0. The molecule has 1 heteroatoms. The van der Waals surface area contributed by atoms with E-state index in [1.165, 1.54) is 77.5 Å². The number of rotatable bonds is 9. The number of anilines is 3. The first kappa shape index (κ1) is 35.7. The zero-order chi connectivity index (χ0) is 39.4. The van der Waals surface area contributed by atoms with Crippen molar-refractivity contribution in [3.05, 3.63) is 249 Å². The molecule has 0 bridgehead atoms. The van der Waals surface area contributed by atoms with Crippen molar-refractivity contribution >= 4 is 27.8 Å². The molecule has 10 aromatic rings. The molecule has 278 valence electrons. The fraction of sp³-hybridized carbons (Fsp3) is 0. The highest BCUT2D eigenvalue weighted by atomic mass is 15.1. The zero-order valence-electron chi connectivity index (χ0n) is 32.6. The largest absolute Gasteiger partial charge is 0.310 e. The van der Waals surface area contributed by atoms with E-state index in [-0.39, 0.29) is 0 Å². The van der Waals surface area contributed by atoms with Crippen LogP contribution in [0.4, 0.5) is 17.1 Å². The molecule has 0 aromatic heterocycles. The first-order chi connectivity index (χ1) is 29.3. The van der Waals surface area contributed by atoms with E-state index < -0.39 is 0 Å². The van der Waals surface area contributed by atoms with Crippen molar-refractivity contribution in [2.45, 2.75) is 0 Å². The minimum Gasteiger partial charge on any atom is -0.310 e. The van der Waals surface area contributed by atoms with Crippen molar-refractivity contribution in [1.82, 2.24) is 0 Å². The summed E-state index contributed by atoms with van der Waals surface area (Å²) in [5, 5.41) is 2.50. The lowest BCUT2D eigenvalue weighted by atomic mass is 9.91. The van der Waals surface area contributed by atoms with Crippen molar-refractivity contribution in [3.63, 3.8) is 0 Å². The quantitative estimate of drug-likeness (QED) is 0.142. The molecule has 0 fully saturated rings. The van der Waals surface area contributed by atoms with Crippen molar-refractivity contribution in [3.8, 4) is 66.8 Å². The van der Waals surface area contributed by atoms with Crippen molar-refractivity contribution in [2.24, 2.45) is 0 Å². The predicted octanol–water partition coefficient (Wildman–Crippen LogP) is 16.3. The molecule has 0 aliphatic carbocycles. The van der Waals surface area contributed by atoms with E-state index in [0.717, 1.165) is 17.1 Å². The van der Waals surface area contributed by atoms with Gasteiger partial charge >= 0.3 is 0 Å². The Morgan fingerprint density at radius 1 is 0.220 bits per heavy atom. The maximum Gasteiger partial charge on any atom is 0.0540 e. The average Bonchev–Trinajstić information content (AvgIpc) is 3.33. The van der Waals surface area contributed by atoms with E-state index in [2.05, 4.69) is 254 Å². The highest BCUT2D eigenvalue weighted by Gasteiger charge is 2.18. The summed E-state index contributed by atoms with van der Waals surface area (Å²) in [6, 6.07) is 89.8. The molecule has 0 spiro atoms. The molecule has 1 nitrogen and oxygen atoms in total. The molecule has 0 saturated carbocycles. The van der Waals surface area contributed by atoms with Crippen molar-refractivity contribution < 1.29 is 0 Å². The molecule has 0 amide bonds. The van der Waals surface area contributed by atoms with E-state index >= 15 is 0 Å². The third-order valence-corrected chi connectivity index (χ3v) is 11.3. The van der Waals surface area contributed by atoms with Crippen LogP contribution in [0.2, 0.25) is 0 Å². The van der Waals surface area contributed by atoms with Crippen LogP contribution in [-0.2, 0) is 0 Å². The topological polar surface area (TPSA) is 3.24 Å². The van der Waals surface area contributed by atoms with Crippen LogP contribution in [0.5, 0.6) is 0 Å².